The van der Waals surface area contributed by atoms with Crippen LogP contribution in [0.5, 0.6) is 0 Å². The molecule has 70 valence electrons. The molecular formula is C11H14FN. The van der Waals surface area contributed by atoms with Gasteiger partial charge in [-0.05, 0) is 37.1 Å². The molecule has 0 spiro atoms. The lowest BCUT2D eigenvalue weighted by Crippen LogP contribution is -1.99. The lowest BCUT2D eigenvalue weighted by Gasteiger charge is -2.01. The van der Waals surface area contributed by atoms with Crippen LogP contribution in [0, 0.1) is 12.7 Å². The van der Waals surface area contributed by atoms with Crippen LogP contribution in [0.1, 0.15) is 18.1 Å². The Labute approximate surface area is 78.1 Å². The van der Waals surface area contributed by atoms with Crippen LogP contribution in [-0.4, -0.2) is 6.54 Å². The van der Waals surface area contributed by atoms with Gasteiger partial charge in [0.25, 0.3) is 0 Å². The van der Waals surface area contributed by atoms with Gasteiger partial charge >= 0.3 is 0 Å². The summed E-state index contributed by atoms with van der Waals surface area (Å²) in [5.41, 5.74) is 8.52. The highest BCUT2D eigenvalue weighted by atomic mass is 19.1. The molecular weight excluding hydrogens is 165 g/mol. The molecule has 1 rings (SSSR count). The first-order chi connectivity index (χ1) is 6.13. The average molecular weight is 179 g/mol. The number of hydrogen-bond acceptors (Lipinski definition) is 1. The summed E-state index contributed by atoms with van der Waals surface area (Å²) in [5, 5.41) is 0. The zero-order chi connectivity index (χ0) is 9.84. The van der Waals surface area contributed by atoms with Crippen LogP contribution in [0.15, 0.2) is 23.8 Å². The SMILES string of the molecule is CC(=Cc1ccc(F)cc1C)CN. The summed E-state index contributed by atoms with van der Waals surface area (Å²) in [6.07, 6.45) is 1.98. The fraction of sp³-hybridized carbons (Fsp3) is 0.273. The van der Waals surface area contributed by atoms with E-state index in [0.29, 0.717) is 6.54 Å². The maximum atomic E-state index is 12.7. The van der Waals surface area contributed by atoms with E-state index in [4.69, 9.17) is 5.73 Å². The van der Waals surface area contributed by atoms with E-state index in [-0.39, 0.29) is 5.82 Å². The van der Waals surface area contributed by atoms with Gasteiger partial charge in [0.1, 0.15) is 5.82 Å². The summed E-state index contributed by atoms with van der Waals surface area (Å²) in [7, 11) is 0. The van der Waals surface area contributed by atoms with E-state index < -0.39 is 0 Å². The van der Waals surface area contributed by atoms with Crippen molar-refractivity contribution < 1.29 is 4.39 Å². The molecule has 0 saturated carbocycles. The first kappa shape index (κ1) is 9.93. The second-order valence-corrected chi connectivity index (χ2v) is 3.20. The summed E-state index contributed by atoms with van der Waals surface area (Å²) in [6, 6.07) is 4.75. The van der Waals surface area contributed by atoms with Gasteiger partial charge in [0.2, 0.25) is 0 Å². The van der Waals surface area contributed by atoms with E-state index in [2.05, 4.69) is 0 Å². The van der Waals surface area contributed by atoms with E-state index in [1.807, 2.05) is 19.9 Å². The predicted octanol–water partition coefficient (Wildman–Crippen LogP) is 2.50. The van der Waals surface area contributed by atoms with Crippen molar-refractivity contribution in [2.45, 2.75) is 13.8 Å². The Balaban J connectivity index is 3.03. The van der Waals surface area contributed by atoms with Crippen LogP contribution in [0.2, 0.25) is 0 Å². The standard InChI is InChI=1S/C11H14FN/c1-8(7-13)5-10-3-4-11(12)6-9(10)2/h3-6H,7,13H2,1-2H3. The molecule has 0 aromatic heterocycles. The van der Waals surface area contributed by atoms with Crippen molar-refractivity contribution in [2.75, 3.05) is 6.54 Å². The number of halogens is 1. The summed E-state index contributed by atoms with van der Waals surface area (Å²) in [5.74, 6) is -0.194. The highest BCUT2D eigenvalue weighted by Gasteiger charge is 1.96. The van der Waals surface area contributed by atoms with Crippen LogP contribution in [0.25, 0.3) is 6.08 Å². The minimum atomic E-state index is -0.194. The molecule has 0 aliphatic heterocycles. The number of nitrogens with two attached hydrogens (primary N) is 1. The van der Waals surface area contributed by atoms with Crippen LogP contribution in [0.4, 0.5) is 4.39 Å². The number of benzene rings is 1. The molecule has 0 aliphatic carbocycles. The number of hydrogen-bond donors (Lipinski definition) is 1. The van der Waals surface area contributed by atoms with Gasteiger partial charge in [-0.3, -0.25) is 0 Å². The van der Waals surface area contributed by atoms with Gasteiger partial charge in [-0.15, -0.1) is 0 Å². The minimum Gasteiger partial charge on any atom is -0.327 e. The molecule has 0 radical (unpaired) electrons. The van der Waals surface area contributed by atoms with Gasteiger partial charge in [-0.2, -0.15) is 0 Å². The monoisotopic (exact) mass is 179 g/mol. The van der Waals surface area contributed by atoms with Crippen LogP contribution in [0.3, 0.4) is 0 Å². The quantitative estimate of drug-likeness (QED) is 0.741. The van der Waals surface area contributed by atoms with Gasteiger partial charge in [-0.25, -0.2) is 4.39 Å². The summed E-state index contributed by atoms with van der Waals surface area (Å²) < 4.78 is 12.7. The van der Waals surface area contributed by atoms with Crippen LogP contribution >= 0.6 is 0 Å². The molecule has 1 aromatic rings. The minimum absolute atomic E-state index is 0.194. The van der Waals surface area contributed by atoms with Crippen molar-refractivity contribution in [2.24, 2.45) is 5.73 Å². The Bertz CT molecular complexity index is 329. The zero-order valence-corrected chi connectivity index (χ0v) is 7.97. The van der Waals surface area contributed by atoms with E-state index >= 15 is 0 Å². The highest BCUT2D eigenvalue weighted by Crippen LogP contribution is 2.13. The van der Waals surface area contributed by atoms with E-state index in [9.17, 15) is 4.39 Å². The summed E-state index contributed by atoms with van der Waals surface area (Å²) >= 11 is 0. The summed E-state index contributed by atoms with van der Waals surface area (Å²) in [6.45, 7) is 4.39. The molecule has 0 bridgehead atoms. The second-order valence-electron chi connectivity index (χ2n) is 3.20. The largest absolute Gasteiger partial charge is 0.327 e. The lowest BCUT2D eigenvalue weighted by atomic mass is 10.1. The zero-order valence-electron chi connectivity index (χ0n) is 7.97. The first-order valence-electron chi connectivity index (χ1n) is 4.27. The molecule has 0 amide bonds. The Hall–Kier alpha value is -1.15. The number of aryl methyl sites for hydroxylation is 1. The van der Waals surface area contributed by atoms with Crippen molar-refractivity contribution in [1.29, 1.82) is 0 Å². The van der Waals surface area contributed by atoms with Gasteiger partial charge in [0, 0.05) is 6.54 Å². The van der Waals surface area contributed by atoms with Crippen molar-refractivity contribution in [1.82, 2.24) is 0 Å². The third kappa shape index (κ3) is 2.67. The molecule has 0 unspecified atom stereocenters. The third-order valence-electron chi connectivity index (χ3n) is 1.96. The van der Waals surface area contributed by atoms with Gasteiger partial charge in [0.15, 0.2) is 0 Å². The Kier molecular flexibility index (Phi) is 3.20. The second kappa shape index (κ2) is 4.19. The van der Waals surface area contributed by atoms with Crippen LogP contribution in [-0.2, 0) is 0 Å². The Morgan fingerprint density at radius 1 is 1.54 bits per heavy atom. The lowest BCUT2D eigenvalue weighted by molar-refractivity contribution is 0.626. The van der Waals surface area contributed by atoms with E-state index in [0.717, 1.165) is 16.7 Å². The Morgan fingerprint density at radius 2 is 2.23 bits per heavy atom. The van der Waals surface area contributed by atoms with Gasteiger partial charge < -0.3 is 5.73 Å². The van der Waals surface area contributed by atoms with Gasteiger partial charge in [0.05, 0.1) is 0 Å². The maximum absolute atomic E-state index is 12.7. The molecule has 0 fully saturated rings. The third-order valence-corrected chi connectivity index (χ3v) is 1.96. The molecule has 2 heteroatoms. The maximum Gasteiger partial charge on any atom is 0.123 e. The van der Waals surface area contributed by atoms with E-state index in [1.54, 1.807) is 6.07 Å². The highest BCUT2D eigenvalue weighted by molar-refractivity contribution is 5.56. The van der Waals surface area contributed by atoms with Gasteiger partial charge in [-0.1, -0.05) is 17.7 Å². The summed E-state index contributed by atoms with van der Waals surface area (Å²) in [4.78, 5) is 0. The van der Waals surface area contributed by atoms with Crippen molar-refractivity contribution in [3.05, 3.63) is 40.7 Å². The van der Waals surface area contributed by atoms with Crippen LogP contribution < -0.4 is 5.73 Å². The van der Waals surface area contributed by atoms with Crippen molar-refractivity contribution in [3.8, 4) is 0 Å². The van der Waals surface area contributed by atoms with Crippen molar-refractivity contribution >= 4 is 6.08 Å². The fourth-order valence-electron chi connectivity index (χ4n) is 1.13. The smallest absolute Gasteiger partial charge is 0.123 e. The fourth-order valence-corrected chi connectivity index (χ4v) is 1.13. The molecule has 1 aromatic carbocycles. The molecule has 1 nitrogen and oxygen atoms in total. The first-order valence-corrected chi connectivity index (χ1v) is 4.27. The normalized spacial score (nSPS) is 11.8. The molecule has 0 saturated heterocycles. The number of rotatable bonds is 2. The molecule has 13 heavy (non-hydrogen) atoms. The molecule has 2 N–H and O–H groups in total. The topological polar surface area (TPSA) is 26.0 Å². The molecule has 0 aliphatic rings. The predicted molar refractivity (Wildman–Crippen MR) is 53.8 cm³/mol. The molecule has 0 heterocycles. The van der Waals surface area contributed by atoms with Crippen molar-refractivity contribution in [3.63, 3.8) is 0 Å². The molecule has 0 atom stereocenters. The van der Waals surface area contributed by atoms with E-state index in [1.165, 1.54) is 12.1 Å². The average Bonchev–Trinajstić information content (AvgIpc) is 2.09. The Morgan fingerprint density at radius 3 is 2.77 bits per heavy atom.